The molecule has 1 aliphatic rings. The fourth-order valence-electron chi connectivity index (χ4n) is 3.03. The average Bonchev–Trinajstić information content (AvgIpc) is 2.68. The number of aliphatic hydroxyl groups excluding tert-OH is 2. The second-order valence-corrected chi connectivity index (χ2v) is 6.92. The number of carboxylic acid groups (broad SMARTS) is 1. The van der Waals surface area contributed by atoms with Gasteiger partial charge >= 0.3 is 5.97 Å². The highest BCUT2D eigenvalue weighted by molar-refractivity contribution is 5.94. The number of hydrogen-bond acceptors (Lipinski definition) is 4. The van der Waals surface area contributed by atoms with E-state index in [1.165, 1.54) is 6.08 Å². The maximum absolute atomic E-state index is 12.3. The summed E-state index contributed by atoms with van der Waals surface area (Å²) in [6, 6.07) is 0. The average molecular weight is 312 g/mol. The van der Waals surface area contributed by atoms with Gasteiger partial charge in [0, 0.05) is 23.7 Å². The normalized spacial score (nSPS) is 29.1. The predicted molar refractivity (Wildman–Crippen MR) is 83.3 cm³/mol. The van der Waals surface area contributed by atoms with Crippen LogP contribution in [0.25, 0.3) is 0 Å². The van der Waals surface area contributed by atoms with Gasteiger partial charge in [0.2, 0.25) is 0 Å². The van der Waals surface area contributed by atoms with Crippen LogP contribution in [0.15, 0.2) is 12.2 Å². The first kappa shape index (κ1) is 18.8. The van der Waals surface area contributed by atoms with E-state index in [9.17, 15) is 19.8 Å². The molecule has 126 valence electrons. The van der Waals surface area contributed by atoms with Crippen molar-refractivity contribution in [1.29, 1.82) is 0 Å². The van der Waals surface area contributed by atoms with Crippen molar-refractivity contribution in [2.75, 3.05) is 0 Å². The van der Waals surface area contributed by atoms with Gasteiger partial charge in [0.15, 0.2) is 5.78 Å². The van der Waals surface area contributed by atoms with Crippen molar-refractivity contribution in [1.82, 2.24) is 0 Å². The van der Waals surface area contributed by atoms with Gasteiger partial charge in [-0.1, -0.05) is 39.7 Å². The summed E-state index contributed by atoms with van der Waals surface area (Å²) >= 11 is 0. The molecule has 1 saturated carbocycles. The molecule has 5 nitrogen and oxygen atoms in total. The Kier molecular flexibility index (Phi) is 6.75. The molecule has 0 aromatic rings. The number of carbonyl (C=O) groups excluding carboxylic acids is 1. The second-order valence-electron chi connectivity index (χ2n) is 6.92. The molecular weight excluding hydrogens is 284 g/mol. The van der Waals surface area contributed by atoms with Gasteiger partial charge in [0.25, 0.3) is 0 Å². The van der Waals surface area contributed by atoms with Gasteiger partial charge in [-0.05, 0) is 12.5 Å². The monoisotopic (exact) mass is 312 g/mol. The van der Waals surface area contributed by atoms with Crippen molar-refractivity contribution >= 4 is 11.8 Å². The van der Waals surface area contributed by atoms with Crippen LogP contribution in [0.3, 0.4) is 0 Å². The lowest BCUT2D eigenvalue weighted by molar-refractivity contribution is -0.139. The Hall–Kier alpha value is -1.20. The van der Waals surface area contributed by atoms with Crippen LogP contribution in [-0.4, -0.2) is 39.3 Å². The molecule has 1 aliphatic carbocycles. The summed E-state index contributed by atoms with van der Waals surface area (Å²) in [6.07, 6.45) is 4.13. The first-order valence-corrected chi connectivity index (χ1v) is 7.99. The molecule has 5 heteroatoms. The van der Waals surface area contributed by atoms with Crippen molar-refractivity contribution in [2.24, 2.45) is 17.3 Å². The van der Waals surface area contributed by atoms with E-state index >= 15 is 0 Å². The lowest BCUT2D eigenvalue weighted by atomic mass is 9.81. The van der Waals surface area contributed by atoms with E-state index in [2.05, 4.69) is 6.92 Å². The third kappa shape index (κ3) is 4.92. The molecule has 4 atom stereocenters. The highest BCUT2D eigenvalue weighted by atomic mass is 16.4. The van der Waals surface area contributed by atoms with E-state index in [4.69, 9.17) is 5.11 Å². The Morgan fingerprint density at radius 1 is 1.23 bits per heavy atom. The molecule has 22 heavy (non-hydrogen) atoms. The fraction of sp³-hybridized carbons (Fsp3) is 0.765. The van der Waals surface area contributed by atoms with Gasteiger partial charge < -0.3 is 15.3 Å². The summed E-state index contributed by atoms with van der Waals surface area (Å²) in [5.74, 6) is -2.07. The van der Waals surface area contributed by atoms with Crippen LogP contribution >= 0.6 is 0 Å². The molecule has 1 fully saturated rings. The molecule has 1 rings (SSSR count). The van der Waals surface area contributed by atoms with E-state index in [0.717, 1.165) is 19.3 Å². The van der Waals surface area contributed by atoms with E-state index in [0.29, 0.717) is 0 Å². The van der Waals surface area contributed by atoms with Gasteiger partial charge in [-0.3, -0.25) is 9.59 Å². The number of aliphatic carboxylic acids is 1. The lowest BCUT2D eigenvalue weighted by Gasteiger charge is -2.22. The summed E-state index contributed by atoms with van der Waals surface area (Å²) in [5, 5.41) is 28.8. The van der Waals surface area contributed by atoms with Crippen LogP contribution in [0, 0.1) is 17.3 Å². The molecule has 0 amide bonds. The smallest absolute Gasteiger partial charge is 0.303 e. The topological polar surface area (TPSA) is 94.8 Å². The minimum absolute atomic E-state index is 0.0244. The van der Waals surface area contributed by atoms with E-state index in [1.807, 2.05) is 13.8 Å². The number of carboxylic acids is 1. The maximum atomic E-state index is 12.3. The van der Waals surface area contributed by atoms with Crippen LogP contribution < -0.4 is 0 Å². The van der Waals surface area contributed by atoms with Gasteiger partial charge in [0.1, 0.15) is 0 Å². The van der Waals surface area contributed by atoms with Crippen LogP contribution in [0.4, 0.5) is 0 Å². The zero-order valence-corrected chi connectivity index (χ0v) is 13.7. The van der Waals surface area contributed by atoms with Crippen molar-refractivity contribution in [3.05, 3.63) is 12.2 Å². The number of ketones is 1. The predicted octanol–water partition coefficient (Wildman–Crippen LogP) is 2.16. The van der Waals surface area contributed by atoms with Crippen molar-refractivity contribution < 1.29 is 24.9 Å². The first-order valence-electron chi connectivity index (χ1n) is 7.99. The SMILES string of the molecule is CCCCC(C)(C)C(=O)C=C[C@@H]1[C@@H](CC(=O)O)[C@@H](O)C[C@H]1O. The summed E-state index contributed by atoms with van der Waals surface area (Å²) in [7, 11) is 0. The van der Waals surface area contributed by atoms with Gasteiger partial charge in [-0.15, -0.1) is 0 Å². The number of allylic oxidation sites excluding steroid dienone is 1. The molecule has 0 bridgehead atoms. The minimum atomic E-state index is -1.01. The molecule has 0 aromatic carbocycles. The highest BCUT2D eigenvalue weighted by Crippen LogP contribution is 2.36. The van der Waals surface area contributed by atoms with Crippen LogP contribution in [0.5, 0.6) is 0 Å². The number of carbonyl (C=O) groups is 2. The van der Waals surface area contributed by atoms with Crippen molar-refractivity contribution in [3.8, 4) is 0 Å². The second kappa shape index (κ2) is 7.88. The van der Waals surface area contributed by atoms with Gasteiger partial charge in [0.05, 0.1) is 18.6 Å². The zero-order valence-electron chi connectivity index (χ0n) is 13.7. The summed E-state index contributed by atoms with van der Waals surface area (Å²) < 4.78 is 0. The number of rotatable bonds is 8. The lowest BCUT2D eigenvalue weighted by Crippen LogP contribution is -2.25. The molecule has 3 N–H and O–H groups in total. The Morgan fingerprint density at radius 2 is 1.86 bits per heavy atom. The Labute approximate surface area is 132 Å². The summed E-state index contributed by atoms with van der Waals surface area (Å²) in [4.78, 5) is 23.2. The Balaban J connectivity index is 2.77. The molecular formula is C17H28O5. The van der Waals surface area contributed by atoms with Gasteiger partial charge in [-0.2, -0.15) is 0 Å². The fourth-order valence-corrected chi connectivity index (χ4v) is 3.03. The van der Waals surface area contributed by atoms with E-state index < -0.39 is 35.4 Å². The minimum Gasteiger partial charge on any atom is -0.481 e. The molecule has 0 aliphatic heterocycles. The Morgan fingerprint density at radius 3 is 2.41 bits per heavy atom. The summed E-state index contributed by atoms with van der Waals surface area (Å²) in [5.41, 5.74) is -0.461. The van der Waals surface area contributed by atoms with E-state index in [-0.39, 0.29) is 18.6 Å². The Bertz CT molecular complexity index is 427. The van der Waals surface area contributed by atoms with Crippen LogP contribution in [0.1, 0.15) is 52.9 Å². The van der Waals surface area contributed by atoms with Crippen molar-refractivity contribution in [3.63, 3.8) is 0 Å². The third-order valence-corrected chi connectivity index (χ3v) is 4.62. The maximum Gasteiger partial charge on any atom is 0.303 e. The number of unbranched alkanes of at least 4 members (excludes halogenated alkanes) is 1. The highest BCUT2D eigenvalue weighted by Gasteiger charge is 2.41. The first-order chi connectivity index (χ1) is 10.2. The van der Waals surface area contributed by atoms with Crippen molar-refractivity contribution in [2.45, 2.75) is 65.1 Å². The molecule has 0 spiro atoms. The quantitative estimate of drug-likeness (QED) is 0.597. The number of hydrogen-bond donors (Lipinski definition) is 3. The third-order valence-electron chi connectivity index (χ3n) is 4.62. The molecule has 0 unspecified atom stereocenters. The molecule has 0 radical (unpaired) electrons. The molecule has 0 heterocycles. The molecule has 0 saturated heterocycles. The standard InChI is InChI=1S/C17H28O5/c1-4-5-8-17(2,3)15(20)7-6-11-12(9-16(21)22)14(19)10-13(11)18/h6-7,11-14,18-19H,4-5,8-10H2,1-3H3,(H,21,22)/t11-,12-,13-,14+/m1/s1. The zero-order chi connectivity index (χ0) is 16.9. The van der Waals surface area contributed by atoms with Crippen LogP contribution in [0.2, 0.25) is 0 Å². The van der Waals surface area contributed by atoms with E-state index in [1.54, 1.807) is 6.08 Å². The number of aliphatic hydroxyl groups is 2. The largest absolute Gasteiger partial charge is 0.481 e. The summed E-state index contributed by atoms with van der Waals surface area (Å²) in [6.45, 7) is 5.86. The van der Waals surface area contributed by atoms with Gasteiger partial charge in [-0.25, -0.2) is 0 Å². The molecule has 0 aromatic heterocycles. The van der Waals surface area contributed by atoms with Crippen LogP contribution in [-0.2, 0) is 9.59 Å².